The molecule has 0 fully saturated rings. The van der Waals surface area contributed by atoms with Crippen LogP contribution in [0.15, 0.2) is 48.5 Å². The molecule has 96 valence electrons. The Kier molecular flexibility index (Phi) is 3.05. The first kappa shape index (κ1) is 11.9. The van der Waals surface area contributed by atoms with E-state index in [1.165, 1.54) is 11.1 Å². The Balaban J connectivity index is 1.97. The fourth-order valence-corrected chi connectivity index (χ4v) is 2.60. The number of nitrogens with one attached hydrogen (secondary N) is 2. The molecule has 1 aliphatic rings. The molecule has 2 N–H and O–H groups in total. The van der Waals surface area contributed by atoms with Gasteiger partial charge in [-0.25, -0.2) is 0 Å². The summed E-state index contributed by atoms with van der Waals surface area (Å²) in [7, 11) is 1.95. The number of benzene rings is 2. The summed E-state index contributed by atoms with van der Waals surface area (Å²) >= 11 is 0. The molecule has 3 nitrogen and oxygen atoms in total. The monoisotopic (exact) mass is 252 g/mol. The second kappa shape index (κ2) is 4.86. The minimum Gasteiger partial charge on any atom is -0.326 e. The molecule has 0 saturated heterocycles. The van der Waals surface area contributed by atoms with Crippen molar-refractivity contribution in [1.29, 1.82) is 0 Å². The van der Waals surface area contributed by atoms with Crippen molar-refractivity contribution in [2.24, 2.45) is 0 Å². The summed E-state index contributed by atoms with van der Waals surface area (Å²) in [5.41, 5.74) is 4.43. The third-order valence-electron chi connectivity index (χ3n) is 3.51. The Morgan fingerprint density at radius 1 is 1.11 bits per heavy atom. The molecule has 19 heavy (non-hydrogen) atoms. The summed E-state index contributed by atoms with van der Waals surface area (Å²) < 4.78 is 0. The molecule has 0 radical (unpaired) electrons. The van der Waals surface area contributed by atoms with Crippen molar-refractivity contribution in [3.63, 3.8) is 0 Å². The molecule has 3 rings (SSSR count). The minimum atomic E-state index is 0.0767. The third kappa shape index (κ3) is 2.25. The van der Waals surface area contributed by atoms with Crippen LogP contribution in [0.25, 0.3) is 0 Å². The Labute approximate surface area is 112 Å². The maximum atomic E-state index is 11.4. The van der Waals surface area contributed by atoms with Crippen molar-refractivity contribution in [3.8, 4) is 0 Å². The maximum absolute atomic E-state index is 11.4. The zero-order valence-corrected chi connectivity index (χ0v) is 10.8. The van der Waals surface area contributed by atoms with Crippen molar-refractivity contribution in [2.45, 2.75) is 12.5 Å². The number of carbonyl (C=O) groups is 1. The van der Waals surface area contributed by atoms with E-state index in [0.29, 0.717) is 6.42 Å². The molecule has 1 atom stereocenters. The molecular weight excluding hydrogens is 236 g/mol. The van der Waals surface area contributed by atoms with Gasteiger partial charge in [-0.05, 0) is 29.8 Å². The van der Waals surface area contributed by atoms with Crippen molar-refractivity contribution < 1.29 is 4.79 Å². The van der Waals surface area contributed by atoms with Gasteiger partial charge in [0.25, 0.3) is 0 Å². The fourth-order valence-electron chi connectivity index (χ4n) is 2.60. The van der Waals surface area contributed by atoms with Crippen molar-refractivity contribution >= 4 is 11.6 Å². The molecule has 0 aromatic heterocycles. The van der Waals surface area contributed by atoms with Crippen molar-refractivity contribution in [3.05, 3.63) is 65.2 Å². The van der Waals surface area contributed by atoms with E-state index in [1.54, 1.807) is 0 Å². The predicted molar refractivity (Wildman–Crippen MR) is 76.1 cm³/mol. The predicted octanol–water partition coefficient (Wildman–Crippen LogP) is 2.49. The smallest absolute Gasteiger partial charge is 0.228 e. The van der Waals surface area contributed by atoms with Crippen LogP contribution in [0.2, 0.25) is 0 Å². The normalized spacial score (nSPS) is 14.9. The van der Waals surface area contributed by atoms with Gasteiger partial charge in [0.2, 0.25) is 5.91 Å². The number of amides is 1. The SMILES string of the molecule is CNC(c1ccccc1)c1ccc2c(c1)CC(=O)N2. The molecule has 1 unspecified atom stereocenters. The van der Waals surface area contributed by atoms with E-state index < -0.39 is 0 Å². The summed E-state index contributed by atoms with van der Waals surface area (Å²) in [6, 6.07) is 16.6. The lowest BCUT2D eigenvalue weighted by Gasteiger charge is -2.18. The van der Waals surface area contributed by atoms with Gasteiger partial charge in [0.1, 0.15) is 0 Å². The standard InChI is InChI=1S/C16H16N2O/c1-17-16(11-5-3-2-4-6-11)12-7-8-14-13(9-12)10-15(19)18-14/h2-9,16-17H,10H2,1H3,(H,18,19). The average Bonchev–Trinajstić information content (AvgIpc) is 2.80. The van der Waals surface area contributed by atoms with Crippen molar-refractivity contribution in [1.82, 2.24) is 5.32 Å². The van der Waals surface area contributed by atoms with Crippen LogP contribution < -0.4 is 10.6 Å². The highest BCUT2D eigenvalue weighted by Crippen LogP contribution is 2.29. The number of fused-ring (bicyclic) bond motifs is 1. The van der Waals surface area contributed by atoms with E-state index in [0.717, 1.165) is 11.3 Å². The molecule has 0 saturated carbocycles. The van der Waals surface area contributed by atoms with E-state index in [2.05, 4.69) is 34.9 Å². The highest BCUT2D eigenvalue weighted by Gasteiger charge is 2.20. The number of rotatable bonds is 3. The van der Waals surface area contributed by atoms with Crippen LogP contribution in [0.5, 0.6) is 0 Å². The van der Waals surface area contributed by atoms with E-state index in [4.69, 9.17) is 0 Å². The maximum Gasteiger partial charge on any atom is 0.228 e. The van der Waals surface area contributed by atoms with E-state index in [9.17, 15) is 4.79 Å². The Morgan fingerprint density at radius 2 is 1.89 bits per heavy atom. The van der Waals surface area contributed by atoms with Crippen molar-refractivity contribution in [2.75, 3.05) is 12.4 Å². The van der Waals surface area contributed by atoms with Crippen LogP contribution >= 0.6 is 0 Å². The lowest BCUT2D eigenvalue weighted by Crippen LogP contribution is -2.17. The van der Waals surface area contributed by atoms with Crippen LogP contribution in [0, 0.1) is 0 Å². The molecule has 0 aliphatic carbocycles. The fraction of sp³-hybridized carbons (Fsp3) is 0.188. The molecule has 2 aromatic rings. The average molecular weight is 252 g/mol. The molecular formula is C16H16N2O. The Bertz CT molecular complexity index is 607. The van der Waals surface area contributed by atoms with Gasteiger partial charge in [-0.2, -0.15) is 0 Å². The third-order valence-corrected chi connectivity index (χ3v) is 3.51. The van der Waals surface area contributed by atoms with Crippen LogP contribution in [0.1, 0.15) is 22.7 Å². The molecule has 1 amide bonds. The van der Waals surface area contributed by atoms with Gasteiger partial charge in [-0.15, -0.1) is 0 Å². The first-order chi connectivity index (χ1) is 9.28. The van der Waals surface area contributed by atoms with Gasteiger partial charge in [-0.1, -0.05) is 42.5 Å². The van der Waals surface area contributed by atoms with Gasteiger partial charge in [0.15, 0.2) is 0 Å². The first-order valence-corrected chi connectivity index (χ1v) is 6.43. The van der Waals surface area contributed by atoms with Crippen LogP contribution in [0.3, 0.4) is 0 Å². The van der Waals surface area contributed by atoms with Gasteiger partial charge in [0, 0.05) is 5.69 Å². The molecule has 2 aromatic carbocycles. The highest BCUT2D eigenvalue weighted by molar-refractivity contribution is 5.99. The number of hydrogen-bond donors (Lipinski definition) is 2. The van der Waals surface area contributed by atoms with E-state index in [-0.39, 0.29) is 11.9 Å². The van der Waals surface area contributed by atoms with E-state index in [1.807, 2.05) is 31.3 Å². The summed E-state index contributed by atoms with van der Waals surface area (Å²) in [5, 5.41) is 6.19. The molecule has 3 heteroatoms. The van der Waals surface area contributed by atoms with Crippen LogP contribution in [-0.4, -0.2) is 13.0 Å². The molecule has 1 aliphatic heterocycles. The quantitative estimate of drug-likeness (QED) is 0.881. The van der Waals surface area contributed by atoms with Gasteiger partial charge < -0.3 is 10.6 Å². The van der Waals surface area contributed by atoms with E-state index >= 15 is 0 Å². The molecule has 1 heterocycles. The zero-order chi connectivity index (χ0) is 13.2. The summed E-state index contributed by atoms with van der Waals surface area (Å²) in [6.45, 7) is 0. The van der Waals surface area contributed by atoms with Gasteiger partial charge >= 0.3 is 0 Å². The number of anilines is 1. The summed E-state index contributed by atoms with van der Waals surface area (Å²) in [5.74, 6) is 0.0767. The van der Waals surface area contributed by atoms with Crippen LogP contribution in [0.4, 0.5) is 5.69 Å². The Hall–Kier alpha value is -2.13. The zero-order valence-electron chi connectivity index (χ0n) is 10.8. The minimum absolute atomic E-state index is 0.0767. The second-order valence-corrected chi connectivity index (χ2v) is 4.77. The largest absolute Gasteiger partial charge is 0.326 e. The first-order valence-electron chi connectivity index (χ1n) is 6.43. The van der Waals surface area contributed by atoms with Gasteiger partial charge in [0.05, 0.1) is 12.5 Å². The number of carbonyl (C=O) groups excluding carboxylic acids is 1. The van der Waals surface area contributed by atoms with Crippen LogP contribution in [-0.2, 0) is 11.2 Å². The lowest BCUT2D eigenvalue weighted by atomic mass is 9.96. The molecule has 0 bridgehead atoms. The molecule has 0 spiro atoms. The van der Waals surface area contributed by atoms with Gasteiger partial charge in [-0.3, -0.25) is 4.79 Å². The topological polar surface area (TPSA) is 41.1 Å². The lowest BCUT2D eigenvalue weighted by molar-refractivity contribution is -0.115. The Morgan fingerprint density at radius 3 is 2.63 bits per heavy atom. The second-order valence-electron chi connectivity index (χ2n) is 4.77. The number of hydrogen-bond acceptors (Lipinski definition) is 2. The highest BCUT2D eigenvalue weighted by atomic mass is 16.1. The summed E-state index contributed by atoms with van der Waals surface area (Å²) in [6.07, 6.45) is 0.481. The summed E-state index contributed by atoms with van der Waals surface area (Å²) in [4.78, 5) is 11.4.